The van der Waals surface area contributed by atoms with Crippen LogP contribution in [0.4, 0.5) is 0 Å². The van der Waals surface area contributed by atoms with Gasteiger partial charge in [0.05, 0.1) is 17.3 Å². The van der Waals surface area contributed by atoms with Gasteiger partial charge < -0.3 is 10.4 Å². The molecule has 0 saturated heterocycles. The second-order valence-corrected chi connectivity index (χ2v) is 8.01. The molecule has 1 aliphatic carbocycles. The number of benzene rings is 1. The van der Waals surface area contributed by atoms with E-state index < -0.39 is 5.60 Å². The fourth-order valence-corrected chi connectivity index (χ4v) is 3.14. The number of amides is 1. The molecule has 2 N–H and O–H groups in total. The van der Waals surface area contributed by atoms with Crippen molar-refractivity contribution in [3.63, 3.8) is 0 Å². The van der Waals surface area contributed by atoms with Crippen molar-refractivity contribution in [1.82, 2.24) is 10.3 Å². The molecule has 2 aromatic rings. The highest BCUT2D eigenvalue weighted by Crippen LogP contribution is 2.40. The summed E-state index contributed by atoms with van der Waals surface area (Å²) in [5.41, 5.74) is 2.94. The van der Waals surface area contributed by atoms with Crippen molar-refractivity contribution in [2.45, 2.75) is 58.1 Å². The van der Waals surface area contributed by atoms with Gasteiger partial charge in [-0.15, -0.1) is 0 Å². The van der Waals surface area contributed by atoms with Crippen LogP contribution in [-0.4, -0.2) is 21.6 Å². The van der Waals surface area contributed by atoms with E-state index in [1.165, 1.54) is 0 Å². The van der Waals surface area contributed by atoms with Gasteiger partial charge in [-0.3, -0.25) is 9.78 Å². The van der Waals surface area contributed by atoms with Gasteiger partial charge in [0.25, 0.3) is 5.91 Å². The SMILES string of the molecule is Cc1cccc([C@H](NC(=O)c2cccc(CCC(C)(C)O)c2)C2CC2)n1. The number of carbonyl (C=O) groups excluding carboxylic acids is 1. The number of pyridine rings is 1. The fraction of sp³-hybridized carbons (Fsp3) is 0.455. The molecular formula is C22H28N2O2. The molecule has 0 spiro atoms. The summed E-state index contributed by atoms with van der Waals surface area (Å²) in [7, 11) is 0. The zero-order valence-corrected chi connectivity index (χ0v) is 15.8. The van der Waals surface area contributed by atoms with Crippen LogP contribution in [0.3, 0.4) is 0 Å². The number of aliphatic hydroxyl groups is 1. The number of nitrogens with one attached hydrogen (secondary N) is 1. The highest BCUT2D eigenvalue weighted by Gasteiger charge is 2.34. The normalized spacial score (nSPS) is 15.5. The first-order valence-corrected chi connectivity index (χ1v) is 9.37. The Bertz CT molecular complexity index is 776. The van der Waals surface area contributed by atoms with Gasteiger partial charge in [0, 0.05) is 11.3 Å². The standard InChI is InChI=1S/C22H28N2O2/c1-15-6-4-9-19(23-15)20(17-10-11-17)24-21(25)18-8-5-7-16(14-18)12-13-22(2,3)26/h4-9,14,17,20,26H,10-13H2,1-3H3,(H,24,25)/t20-/m1/s1. The van der Waals surface area contributed by atoms with E-state index in [2.05, 4.69) is 10.3 Å². The second-order valence-electron chi connectivity index (χ2n) is 8.01. The fourth-order valence-electron chi connectivity index (χ4n) is 3.14. The predicted molar refractivity (Wildman–Crippen MR) is 103 cm³/mol. The van der Waals surface area contributed by atoms with Crippen LogP contribution in [0.2, 0.25) is 0 Å². The van der Waals surface area contributed by atoms with Gasteiger partial charge in [-0.2, -0.15) is 0 Å². The van der Waals surface area contributed by atoms with E-state index in [4.69, 9.17) is 0 Å². The van der Waals surface area contributed by atoms with Gasteiger partial charge >= 0.3 is 0 Å². The topological polar surface area (TPSA) is 62.2 Å². The van der Waals surface area contributed by atoms with Crippen LogP contribution in [0.15, 0.2) is 42.5 Å². The molecule has 1 amide bonds. The first-order valence-electron chi connectivity index (χ1n) is 9.37. The van der Waals surface area contributed by atoms with Crippen molar-refractivity contribution in [3.05, 3.63) is 65.0 Å². The number of rotatable bonds is 7. The summed E-state index contributed by atoms with van der Waals surface area (Å²) in [6.45, 7) is 5.58. The molecule has 1 aromatic carbocycles. The number of carbonyl (C=O) groups is 1. The second kappa shape index (κ2) is 7.58. The molecule has 1 saturated carbocycles. The van der Waals surface area contributed by atoms with Gasteiger partial charge in [-0.25, -0.2) is 0 Å². The summed E-state index contributed by atoms with van der Waals surface area (Å²) >= 11 is 0. The molecule has 0 unspecified atom stereocenters. The van der Waals surface area contributed by atoms with Crippen molar-refractivity contribution in [3.8, 4) is 0 Å². The molecule has 1 fully saturated rings. The average molecular weight is 352 g/mol. The van der Waals surface area contributed by atoms with Crippen molar-refractivity contribution in [1.29, 1.82) is 0 Å². The smallest absolute Gasteiger partial charge is 0.251 e. The number of aryl methyl sites for hydroxylation is 2. The highest BCUT2D eigenvalue weighted by molar-refractivity contribution is 5.94. The molecule has 138 valence electrons. The molecule has 1 atom stereocenters. The van der Waals surface area contributed by atoms with Gasteiger partial charge in [-0.05, 0) is 82.2 Å². The molecule has 1 aromatic heterocycles. The van der Waals surface area contributed by atoms with Gasteiger partial charge in [0.15, 0.2) is 0 Å². The minimum absolute atomic E-state index is 0.0255. The van der Waals surface area contributed by atoms with Crippen LogP contribution in [0, 0.1) is 12.8 Å². The third-order valence-corrected chi connectivity index (χ3v) is 4.82. The Kier molecular flexibility index (Phi) is 5.42. The number of hydrogen-bond acceptors (Lipinski definition) is 3. The minimum Gasteiger partial charge on any atom is -0.390 e. The lowest BCUT2D eigenvalue weighted by Gasteiger charge is -2.19. The van der Waals surface area contributed by atoms with Crippen LogP contribution < -0.4 is 5.32 Å². The van der Waals surface area contributed by atoms with Gasteiger partial charge in [0.1, 0.15) is 0 Å². The molecule has 3 rings (SSSR count). The zero-order valence-electron chi connectivity index (χ0n) is 15.8. The van der Waals surface area contributed by atoms with Gasteiger partial charge in [-0.1, -0.05) is 18.2 Å². The van der Waals surface area contributed by atoms with Gasteiger partial charge in [0.2, 0.25) is 0 Å². The molecule has 1 aliphatic rings. The first-order chi connectivity index (χ1) is 12.3. The third-order valence-electron chi connectivity index (χ3n) is 4.82. The van der Waals surface area contributed by atoms with Crippen molar-refractivity contribution >= 4 is 5.91 Å². The van der Waals surface area contributed by atoms with E-state index >= 15 is 0 Å². The maximum absolute atomic E-state index is 12.8. The molecule has 4 nitrogen and oxygen atoms in total. The lowest BCUT2D eigenvalue weighted by atomic mass is 9.97. The Morgan fingerprint density at radius 2 is 2.00 bits per heavy atom. The number of hydrogen-bond donors (Lipinski definition) is 2. The van der Waals surface area contributed by atoms with Crippen molar-refractivity contribution < 1.29 is 9.90 Å². The monoisotopic (exact) mass is 352 g/mol. The van der Waals surface area contributed by atoms with Crippen molar-refractivity contribution in [2.24, 2.45) is 5.92 Å². The lowest BCUT2D eigenvalue weighted by molar-refractivity contribution is 0.0714. The van der Waals surface area contributed by atoms with E-state index in [9.17, 15) is 9.90 Å². The van der Waals surface area contributed by atoms with Crippen LogP contribution in [0.5, 0.6) is 0 Å². The van der Waals surface area contributed by atoms with Crippen LogP contribution in [-0.2, 0) is 6.42 Å². The third kappa shape index (κ3) is 5.15. The maximum atomic E-state index is 12.8. The summed E-state index contributed by atoms with van der Waals surface area (Å²) in [5, 5.41) is 13.1. The molecular weight excluding hydrogens is 324 g/mol. The Hall–Kier alpha value is -2.20. The van der Waals surface area contributed by atoms with E-state index in [-0.39, 0.29) is 11.9 Å². The molecule has 0 aliphatic heterocycles. The first kappa shape index (κ1) is 18.6. The Morgan fingerprint density at radius 3 is 2.65 bits per heavy atom. The van der Waals surface area contributed by atoms with E-state index in [1.54, 1.807) is 13.8 Å². The largest absolute Gasteiger partial charge is 0.390 e. The quantitative estimate of drug-likeness (QED) is 0.792. The maximum Gasteiger partial charge on any atom is 0.251 e. The lowest BCUT2D eigenvalue weighted by Crippen LogP contribution is -2.30. The predicted octanol–water partition coefficient (Wildman–Crippen LogP) is 3.97. The zero-order chi connectivity index (χ0) is 18.7. The molecule has 4 heteroatoms. The number of aromatic nitrogens is 1. The Morgan fingerprint density at radius 1 is 1.27 bits per heavy atom. The average Bonchev–Trinajstić information content (AvgIpc) is 3.42. The molecule has 0 bridgehead atoms. The highest BCUT2D eigenvalue weighted by atomic mass is 16.3. The summed E-state index contributed by atoms with van der Waals surface area (Å²) in [6.07, 6.45) is 3.67. The minimum atomic E-state index is -0.702. The van der Waals surface area contributed by atoms with E-state index in [0.717, 1.165) is 36.2 Å². The van der Waals surface area contributed by atoms with Crippen LogP contribution in [0.1, 0.15) is 66.5 Å². The molecule has 1 heterocycles. The Labute approximate surface area is 155 Å². The summed E-state index contributed by atoms with van der Waals surface area (Å²) in [6, 6.07) is 13.6. The molecule has 0 radical (unpaired) electrons. The van der Waals surface area contributed by atoms with Crippen molar-refractivity contribution in [2.75, 3.05) is 0 Å². The summed E-state index contributed by atoms with van der Waals surface area (Å²) in [5.74, 6) is 0.418. The van der Waals surface area contributed by atoms with E-state index in [0.29, 0.717) is 17.9 Å². The molecule has 26 heavy (non-hydrogen) atoms. The number of nitrogens with zero attached hydrogens (tertiary/aromatic N) is 1. The van der Waals surface area contributed by atoms with Crippen LogP contribution in [0.25, 0.3) is 0 Å². The van der Waals surface area contributed by atoms with E-state index in [1.807, 2.05) is 49.4 Å². The summed E-state index contributed by atoms with van der Waals surface area (Å²) in [4.78, 5) is 17.4. The van der Waals surface area contributed by atoms with Crippen LogP contribution >= 0.6 is 0 Å². The summed E-state index contributed by atoms with van der Waals surface area (Å²) < 4.78 is 0. The Balaban J connectivity index is 1.72.